The van der Waals surface area contributed by atoms with Crippen LogP contribution in [0.15, 0.2) is 122 Å². The Balaban J connectivity index is 0.000000146. The third-order valence-corrected chi connectivity index (χ3v) is 9.60. The highest BCUT2D eigenvalue weighted by Crippen LogP contribution is 2.45. The molecule has 0 unspecified atom stereocenters. The van der Waals surface area contributed by atoms with Crippen LogP contribution < -0.4 is 9.47 Å². The van der Waals surface area contributed by atoms with Crippen molar-refractivity contribution in [2.75, 3.05) is 14.2 Å². The molecule has 330 valence electrons. The minimum atomic E-state index is -0.451. The van der Waals surface area contributed by atoms with Crippen molar-refractivity contribution in [3.8, 4) is 120 Å². The number of aromatic hydroxyl groups is 13. The first-order valence-corrected chi connectivity index (χ1v) is 18.8. The van der Waals surface area contributed by atoms with E-state index in [1.807, 2.05) is 0 Å². The van der Waals surface area contributed by atoms with Gasteiger partial charge in [-0.3, -0.25) is 0 Å². The van der Waals surface area contributed by atoms with Crippen molar-refractivity contribution in [1.29, 1.82) is 0 Å². The Labute approximate surface area is 364 Å². The van der Waals surface area contributed by atoms with Crippen molar-refractivity contribution in [3.63, 3.8) is 0 Å². The van der Waals surface area contributed by atoms with Gasteiger partial charge in [0.15, 0.2) is 23.0 Å². The minimum Gasteiger partial charge on any atom is -0.508 e. The van der Waals surface area contributed by atoms with Gasteiger partial charge in [-0.2, -0.15) is 0 Å². The van der Waals surface area contributed by atoms with Gasteiger partial charge in [0.05, 0.1) is 49.1 Å². The molecule has 0 spiro atoms. The van der Waals surface area contributed by atoms with Crippen LogP contribution in [0, 0.1) is 0 Å². The first-order chi connectivity index (χ1) is 30.9. The monoisotopic (exact) mass is 889 g/mol. The van der Waals surface area contributed by atoms with E-state index in [0.717, 1.165) is 18.2 Å². The summed E-state index contributed by atoms with van der Waals surface area (Å²) in [6.07, 6.45) is 0. The van der Waals surface area contributed by atoms with E-state index in [9.17, 15) is 66.4 Å². The van der Waals surface area contributed by atoms with Crippen molar-refractivity contribution in [2.24, 2.45) is 0 Å². The van der Waals surface area contributed by atoms with E-state index in [1.54, 1.807) is 18.2 Å². The molecule has 0 aliphatic carbocycles. The topological polar surface area (TPSA) is 315 Å². The lowest BCUT2D eigenvalue weighted by Gasteiger charge is -2.06. The molecule has 0 amide bonds. The summed E-state index contributed by atoms with van der Waals surface area (Å²) in [6, 6.07) is 24.5. The Morgan fingerprint density at radius 2 is 0.692 bits per heavy atom. The van der Waals surface area contributed by atoms with E-state index in [1.165, 1.54) is 87.0 Å². The molecular formula is C47H37O18+3. The van der Waals surface area contributed by atoms with Gasteiger partial charge in [-0.1, -0.05) is 0 Å². The zero-order valence-corrected chi connectivity index (χ0v) is 33.7. The van der Waals surface area contributed by atoms with Gasteiger partial charge >= 0.3 is 34.0 Å². The number of methoxy groups -OCH3 is 2. The number of phenols is 10. The molecule has 0 aliphatic rings. The van der Waals surface area contributed by atoms with Crippen molar-refractivity contribution < 1.29 is 89.1 Å². The summed E-state index contributed by atoms with van der Waals surface area (Å²) in [4.78, 5) is 0. The predicted molar refractivity (Wildman–Crippen MR) is 233 cm³/mol. The van der Waals surface area contributed by atoms with E-state index < -0.39 is 11.5 Å². The van der Waals surface area contributed by atoms with Crippen molar-refractivity contribution in [3.05, 3.63) is 109 Å². The molecule has 9 rings (SSSR count). The zero-order valence-electron chi connectivity index (χ0n) is 33.7. The molecule has 0 fully saturated rings. The van der Waals surface area contributed by atoms with Gasteiger partial charge in [0.1, 0.15) is 56.4 Å². The van der Waals surface area contributed by atoms with Gasteiger partial charge in [0.25, 0.3) is 0 Å². The Morgan fingerprint density at radius 1 is 0.308 bits per heavy atom. The lowest BCUT2D eigenvalue weighted by Crippen LogP contribution is -1.87. The quantitative estimate of drug-likeness (QED) is 0.0565. The maximum atomic E-state index is 10.1. The fourth-order valence-corrected chi connectivity index (χ4v) is 6.51. The number of benzene rings is 6. The molecule has 65 heavy (non-hydrogen) atoms. The Kier molecular flexibility index (Phi) is 11.7. The van der Waals surface area contributed by atoms with Crippen molar-refractivity contribution >= 4 is 32.9 Å². The van der Waals surface area contributed by atoms with E-state index >= 15 is 0 Å². The molecule has 3 aromatic heterocycles. The molecule has 0 atom stereocenters. The molecule has 0 aliphatic heterocycles. The molecule has 0 radical (unpaired) electrons. The van der Waals surface area contributed by atoms with Gasteiger partial charge < -0.3 is 75.9 Å². The lowest BCUT2D eigenvalue weighted by atomic mass is 10.1. The average molecular weight is 890 g/mol. The van der Waals surface area contributed by atoms with Crippen LogP contribution >= 0.6 is 0 Å². The Hall–Kier alpha value is -9.45. The summed E-state index contributed by atoms with van der Waals surface area (Å²) in [7, 11) is 2.72. The van der Waals surface area contributed by atoms with Crippen LogP contribution in [0.2, 0.25) is 0 Å². The standard InChI is InChI=1S/C16H12O7.C16H12O6.C15H10O5/c1-22-14-3-7(2-11(19)15(14)21)16-12(20)6-9-10(18)4-8(17)5-13(9)23-16;1-21-15-4-8(2-3-11(15)18)16-13(20)7-10-12(19)5-9(17)6-14(10)22-16;16-9-3-1-8(2-4-9)15-13(19)7-11-12(18)5-10(17)6-14(11)20-15/h2-6H,1H3,(H4-,17,18,19,20,21);2-7H,1H3,(H3-,17,18,19,20);1-7H,(H3-,16,17,18,19)/p+3. The van der Waals surface area contributed by atoms with E-state index in [0.29, 0.717) is 16.5 Å². The molecule has 6 aromatic carbocycles. The molecule has 13 N–H and O–H groups in total. The number of hydrogen-bond acceptors (Lipinski definition) is 15. The van der Waals surface area contributed by atoms with E-state index in [-0.39, 0.29) is 125 Å². The lowest BCUT2D eigenvalue weighted by molar-refractivity contribution is 0.351. The van der Waals surface area contributed by atoms with Crippen molar-refractivity contribution in [2.45, 2.75) is 0 Å². The minimum absolute atomic E-state index is 0.00606. The zero-order chi connectivity index (χ0) is 46.9. The van der Waals surface area contributed by atoms with Crippen LogP contribution in [0.25, 0.3) is 66.9 Å². The summed E-state index contributed by atoms with van der Waals surface area (Å²) >= 11 is 0. The smallest absolute Gasteiger partial charge is 0.402 e. The second-order valence-corrected chi connectivity index (χ2v) is 14.0. The Bertz CT molecular complexity index is 3280. The summed E-state index contributed by atoms with van der Waals surface area (Å²) in [5.74, 6) is -2.12. The fourth-order valence-electron chi connectivity index (χ4n) is 6.51. The normalized spacial score (nSPS) is 10.8. The largest absolute Gasteiger partial charge is 0.508 e. The first-order valence-electron chi connectivity index (χ1n) is 18.8. The molecule has 18 nitrogen and oxygen atoms in total. The number of phenolic OH excluding ortho intramolecular Hbond substituents is 10. The highest BCUT2D eigenvalue weighted by Gasteiger charge is 2.28. The molecule has 0 saturated carbocycles. The number of ether oxygens (including phenoxy) is 2. The van der Waals surface area contributed by atoms with Crippen LogP contribution in [0.3, 0.4) is 0 Å². The molecule has 3 heterocycles. The second-order valence-electron chi connectivity index (χ2n) is 14.0. The number of rotatable bonds is 5. The SMILES string of the molecule is COc1cc(-c2[o+]c3cc(O)cc(O)c3cc2O)cc(O)c1O.COc1cc(-c2[o+]c3cc(O)cc(O)c3cc2O)ccc1O.Oc1ccc(-c2[o+]c3cc(O)cc(O)c3cc2O)cc1. The van der Waals surface area contributed by atoms with Gasteiger partial charge in [0, 0.05) is 54.6 Å². The molecular weight excluding hydrogens is 852 g/mol. The molecule has 18 heteroatoms. The summed E-state index contributed by atoms with van der Waals surface area (Å²) in [5, 5.41) is 127. The first kappa shape index (κ1) is 43.6. The van der Waals surface area contributed by atoms with E-state index in [4.69, 9.17) is 22.7 Å². The summed E-state index contributed by atoms with van der Waals surface area (Å²) < 4.78 is 26.6. The van der Waals surface area contributed by atoms with Crippen LogP contribution in [0.4, 0.5) is 0 Å². The van der Waals surface area contributed by atoms with Gasteiger partial charge in [-0.15, -0.1) is 0 Å². The predicted octanol–water partition coefficient (Wildman–Crippen LogP) is 9.33. The van der Waals surface area contributed by atoms with Crippen LogP contribution in [0.1, 0.15) is 0 Å². The Morgan fingerprint density at radius 3 is 1.12 bits per heavy atom. The molecule has 0 bridgehead atoms. The third kappa shape index (κ3) is 8.98. The highest BCUT2D eigenvalue weighted by atomic mass is 16.5. The van der Waals surface area contributed by atoms with Crippen LogP contribution in [0.5, 0.6) is 86.2 Å². The van der Waals surface area contributed by atoms with Crippen molar-refractivity contribution in [1.82, 2.24) is 0 Å². The summed E-state index contributed by atoms with van der Waals surface area (Å²) in [6.45, 7) is 0. The highest BCUT2D eigenvalue weighted by molar-refractivity contribution is 5.90. The molecule has 0 saturated heterocycles. The van der Waals surface area contributed by atoms with Gasteiger partial charge in [-0.05, 0) is 36.4 Å². The maximum Gasteiger partial charge on any atom is 0.402 e. The van der Waals surface area contributed by atoms with Gasteiger partial charge in [-0.25, -0.2) is 13.3 Å². The third-order valence-electron chi connectivity index (χ3n) is 9.60. The second kappa shape index (κ2) is 17.5. The van der Waals surface area contributed by atoms with Crippen LogP contribution in [-0.2, 0) is 0 Å². The average Bonchev–Trinajstić information content (AvgIpc) is 3.26. The van der Waals surface area contributed by atoms with E-state index in [2.05, 4.69) is 0 Å². The fraction of sp³-hybridized carbons (Fsp3) is 0.0426. The number of fused-ring (bicyclic) bond motifs is 3. The van der Waals surface area contributed by atoms with Gasteiger partial charge in [0.2, 0.25) is 23.0 Å². The maximum absolute atomic E-state index is 10.1. The molecule has 9 aromatic rings. The number of hydrogen-bond donors (Lipinski definition) is 13. The summed E-state index contributed by atoms with van der Waals surface area (Å²) in [5.41, 5.74) is 1.84. The van der Waals surface area contributed by atoms with Crippen LogP contribution in [-0.4, -0.2) is 80.6 Å².